The maximum absolute atomic E-state index is 12.9. The first kappa shape index (κ1) is 20.6. The average molecular weight is 422 g/mol. The lowest BCUT2D eigenvalue weighted by atomic mass is 9.95. The number of nitrogens with zero attached hydrogens (tertiary/aromatic N) is 2. The van der Waals surface area contributed by atoms with Crippen LogP contribution in [0.2, 0.25) is 0 Å². The van der Waals surface area contributed by atoms with E-state index < -0.39 is 10.0 Å². The third-order valence-corrected chi connectivity index (χ3v) is 7.25. The Morgan fingerprint density at radius 2 is 1.68 bits per heavy atom. The fourth-order valence-corrected chi connectivity index (χ4v) is 5.49. The predicted molar refractivity (Wildman–Crippen MR) is 113 cm³/mol. The molecule has 28 heavy (non-hydrogen) atoms. The molecule has 8 heteroatoms. The van der Waals surface area contributed by atoms with Gasteiger partial charge < -0.3 is 10.6 Å². The number of rotatable bonds is 3. The highest BCUT2D eigenvalue weighted by Gasteiger charge is 2.34. The van der Waals surface area contributed by atoms with Gasteiger partial charge in [0.15, 0.2) is 0 Å². The normalized spacial score (nSPS) is 23.5. The standard InChI is InChI=1S/C20H23N3O3S.ClH/c21-19-14-22(13-18(19)15-5-2-1-3-6-15)20(24)16-7-9-17(10-8-16)23-11-4-12-27(23,25)26;/h1-3,5-10,18-19H,4,11-14,21H2;1H/t18-,19+;/m0./s1. The highest BCUT2D eigenvalue weighted by Crippen LogP contribution is 2.28. The van der Waals surface area contributed by atoms with E-state index in [1.165, 1.54) is 4.31 Å². The third-order valence-electron chi connectivity index (χ3n) is 5.38. The SMILES string of the molecule is Cl.N[C@@H]1CN(C(=O)c2ccc(N3CCCS3(=O)=O)cc2)C[C@H]1c1ccccc1. The predicted octanol–water partition coefficient (Wildman–Crippen LogP) is 2.22. The zero-order valence-corrected chi connectivity index (χ0v) is 17.0. The number of halogens is 1. The summed E-state index contributed by atoms with van der Waals surface area (Å²) < 4.78 is 25.5. The number of amides is 1. The van der Waals surface area contributed by atoms with Crippen LogP contribution < -0.4 is 10.0 Å². The van der Waals surface area contributed by atoms with Crippen molar-refractivity contribution in [1.29, 1.82) is 0 Å². The van der Waals surface area contributed by atoms with Crippen LogP contribution in [0.4, 0.5) is 5.69 Å². The molecule has 150 valence electrons. The number of hydrogen-bond acceptors (Lipinski definition) is 4. The van der Waals surface area contributed by atoms with Crippen molar-refractivity contribution >= 4 is 34.0 Å². The van der Waals surface area contributed by atoms with E-state index in [2.05, 4.69) is 0 Å². The number of nitrogens with two attached hydrogens (primary N) is 1. The Hall–Kier alpha value is -2.09. The van der Waals surface area contributed by atoms with E-state index in [1.807, 2.05) is 30.3 Å². The lowest BCUT2D eigenvalue weighted by Gasteiger charge is -2.19. The fraction of sp³-hybridized carbons (Fsp3) is 0.350. The molecule has 4 rings (SSSR count). The smallest absolute Gasteiger partial charge is 0.253 e. The molecule has 1 amide bonds. The van der Waals surface area contributed by atoms with Crippen molar-refractivity contribution in [3.63, 3.8) is 0 Å². The molecule has 2 N–H and O–H groups in total. The Labute approximate surface area is 171 Å². The Morgan fingerprint density at radius 1 is 1.00 bits per heavy atom. The largest absolute Gasteiger partial charge is 0.336 e. The number of likely N-dealkylation sites (tertiary alicyclic amines) is 1. The molecule has 6 nitrogen and oxygen atoms in total. The van der Waals surface area contributed by atoms with Crippen LogP contribution in [0, 0.1) is 0 Å². The molecule has 2 aliphatic heterocycles. The van der Waals surface area contributed by atoms with Gasteiger partial charge >= 0.3 is 0 Å². The summed E-state index contributed by atoms with van der Waals surface area (Å²) in [7, 11) is -3.21. The summed E-state index contributed by atoms with van der Waals surface area (Å²) in [6, 6.07) is 16.8. The highest BCUT2D eigenvalue weighted by molar-refractivity contribution is 7.93. The second-order valence-electron chi connectivity index (χ2n) is 7.18. The minimum Gasteiger partial charge on any atom is -0.336 e. The molecular weight excluding hydrogens is 398 g/mol. The summed E-state index contributed by atoms with van der Waals surface area (Å²) in [6.07, 6.45) is 0.634. The zero-order chi connectivity index (χ0) is 19.0. The van der Waals surface area contributed by atoms with Crippen LogP contribution in [0.3, 0.4) is 0 Å². The molecule has 2 fully saturated rings. The van der Waals surface area contributed by atoms with Gasteiger partial charge in [-0.1, -0.05) is 30.3 Å². The molecule has 0 aliphatic carbocycles. The summed E-state index contributed by atoms with van der Waals surface area (Å²) in [5.74, 6) is 0.240. The van der Waals surface area contributed by atoms with Crippen molar-refractivity contribution in [2.75, 3.05) is 29.7 Å². The maximum atomic E-state index is 12.9. The van der Waals surface area contributed by atoms with Gasteiger partial charge in [0.1, 0.15) is 0 Å². The van der Waals surface area contributed by atoms with Crippen LogP contribution in [0.25, 0.3) is 0 Å². The van der Waals surface area contributed by atoms with Gasteiger partial charge in [-0.2, -0.15) is 0 Å². The summed E-state index contributed by atoms with van der Waals surface area (Å²) in [5.41, 5.74) is 8.60. The van der Waals surface area contributed by atoms with Crippen LogP contribution in [0.1, 0.15) is 28.3 Å². The molecule has 2 aliphatic rings. The minimum atomic E-state index is -3.21. The van der Waals surface area contributed by atoms with E-state index >= 15 is 0 Å². The lowest BCUT2D eigenvalue weighted by Crippen LogP contribution is -2.32. The Kier molecular flexibility index (Phi) is 5.98. The molecule has 2 atom stereocenters. The van der Waals surface area contributed by atoms with Crippen LogP contribution in [-0.4, -0.2) is 50.7 Å². The second-order valence-corrected chi connectivity index (χ2v) is 9.19. The molecule has 0 unspecified atom stereocenters. The van der Waals surface area contributed by atoms with E-state index in [-0.39, 0.29) is 36.0 Å². The molecule has 2 aromatic carbocycles. The van der Waals surface area contributed by atoms with Gasteiger partial charge in [0.2, 0.25) is 10.0 Å². The van der Waals surface area contributed by atoms with Crippen LogP contribution in [-0.2, 0) is 10.0 Å². The average Bonchev–Trinajstić information content (AvgIpc) is 3.24. The molecule has 0 spiro atoms. The van der Waals surface area contributed by atoms with Gasteiger partial charge in [-0.3, -0.25) is 9.10 Å². The lowest BCUT2D eigenvalue weighted by molar-refractivity contribution is 0.0789. The van der Waals surface area contributed by atoms with E-state index in [1.54, 1.807) is 29.2 Å². The van der Waals surface area contributed by atoms with Gasteiger partial charge in [0.05, 0.1) is 11.4 Å². The molecule has 2 aromatic rings. The van der Waals surface area contributed by atoms with Crippen LogP contribution >= 0.6 is 12.4 Å². The van der Waals surface area contributed by atoms with Gasteiger partial charge in [0.25, 0.3) is 5.91 Å². The molecular formula is C20H24ClN3O3S. The number of carbonyl (C=O) groups excluding carboxylic acids is 1. The van der Waals surface area contributed by atoms with Crippen molar-refractivity contribution in [2.24, 2.45) is 5.73 Å². The third kappa shape index (κ3) is 3.87. The highest BCUT2D eigenvalue weighted by atomic mass is 35.5. The Balaban J connectivity index is 0.00000225. The van der Waals surface area contributed by atoms with Crippen LogP contribution in [0.5, 0.6) is 0 Å². The van der Waals surface area contributed by atoms with Crippen molar-refractivity contribution in [2.45, 2.75) is 18.4 Å². The fourth-order valence-electron chi connectivity index (χ4n) is 3.93. The molecule has 2 saturated heterocycles. The summed E-state index contributed by atoms with van der Waals surface area (Å²) >= 11 is 0. The van der Waals surface area contributed by atoms with Crippen molar-refractivity contribution in [1.82, 2.24) is 4.90 Å². The summed E-state index contributed by atoms with van der Waals surface area (Å²) in [6.45, 7) is 1.60. The van der Waals surface area contributed by atoms with Gasteiger partial charge in [0, 0.05) is 37.2 Å². The van der Waals surface area contributed by atoms with E-state index in [4.69, 9.17) is 5.73 Å². The first-order valence-corrected chi connectivity index (χ1v) is 10.8. The Bertz CT molecular complexity index is 935. The topological polar surface area (TPSA) is 83.7 Å². The van der Waals surface area contributed by atoms with Gasteiger partial charge in [-0.25, -0.2) is 8.42 Å². The number of sulfonamides is 1. The van der Waals surface area contributed by atoms with E-state index in [9.17, 15) is 13.2 Å². The van der Waals surface area contributed by atoms with Gasteiger partial charge in [-0.15, -0.1) is 12.4 Å². The first-order valence-electron chi connectivity index (χ1n) is 9.16. The minimum absolute atomic E-state index is 0. The maximum Gasteiger partial charge on any atom is 0.253 e. The molecule has 0 aromatic heterocycles. The molecule has 0 bridgehead atoms. The van der Waals surface area contributed by atoms with Crippen molar-refractivity contribution < 1.29 is 13.2 Å². The van der Waals surface area contributed by atoms with Crippen molar-refractivity contribution in [3.05, 3.63) is 65.7 Å². The number of benzene rings is 2. The zero-order valence-electron chi connectivity index (χ0n) is 15.4. The first-order chi connectivity index (χ1) is 13.0. The summed E-state index contributed by atoms with van der Waals surface area (Å²) in [4.78, 5) is 14.6. The number of carbonyl (C=O) groups is 1. The van der Waals surface area contributed by atoms with Gasteiger partial charge in [-0.05, 0) is 36.2 Å². The van der Waals surface area contributed by atoms with E-state index in [0.717, 1.165) is 5.56 Å². The molecule has 0 saturated carbocycles. The summed E-state index contributed by atoms with van der Waals surface area (Å²) in [5, 5.41) is 0. The Morgan fingerprint density at radius 3 is 2.29 bits per heavy atom. The number of anilines is 1. The molecule has 2 heterocycles. The second kappa shape index (κ2) is 8.11. The molecule has 0 radical (unpaired) electrons. The van der Waals surface area contributed by atoms with Crippen LogP contribution in [0.15, 0.2) is 54.6 Å². The monoisotopic (exact) mass is 421 g/mol. The van der Waals surface area contributed by atoms with Crippen molar-refractivity contribution in [3.8, 4) is 0 Å². The quantitative estimate of drug-likeness (QED) is 0.823. The number of hydrogen-bond donors (Lipinski definition) is 1. The van der Waals surface area contributed by atoms with E-state index in [0.29, 0.717) is 37.3 Å².